The van der Waals surface area contributed by atoms with Crippen molar-refractivity contribution in [1.29, 1.82) is 0 Å². The molecular formula is C25H30N2O3S. The zero-order chi connectivity index (χ0) is 22.2. The molecule has 0 aromatic heterocycles. The number of carbonyl (C=O) groups is 1. The molecular weight excluding hydrogens is 408 g/mol. The summed E-state index contributed by atoms with van der Waals surface area (Å²) in [5.74, 6) is 1.30. The lowest BCUT2D eigenvalue weighted by atomic mass is 10.1. The third kappa shape index (κ3) is 5.70. The van der Waals surface area contributed by atoms with Gasteiger partial charge in [-0.25, -0.2) is 4.99 Å². The highest BCUT2D eigenvalue weighted by atomic mass is 32.2. The molecule has 0 atom stereocenters. The highest BCUT2D eigenvalue weighted by Gasteiger charge is 2.32. The maximum absolute atomic E-state index is 13.0. The summed E-state index contributed by atoms with van der Waals surface area (Å²) in [7, 11) is 1.63. The van der Waals surface area contributed by atoms with E-state index < -0.39 is 0 Å². The smallest absolute Gasteiger partial charge is 0.266 e. The Kier molecular flexibility index (Phi) is 8.18. The molecule has 5 nitrogen and oxygen atoms in total. The molecule has 1 heterocycles. The number of unbranched alkanes of at least 4 members (excludes halogenated alkanes) is 2. The topological polar surface area (TPSA) is 51.1 Å². The molecule has 6 heteroatoms. The Balaban J connectivity index is 1.90. The zero-order valence-electron chi connectivity index (χ0n) is 18.7. The van der Waals surface area contributed by atoms with Crippen LogP contribution in [0.3, 0.4) is 0 Å². The Morgan fingerprint density at radius 1 is 1.10 bits per heavy atom. The number of nitrogens with zero attached hydrogens (tertiary/aromatic N) is 2. The van der Waals surface area contributed by atoms with Crippen molar-refractivity contribution in [3.63, 3.8) is 0 Å². The molecule has 1 aliphatic rings. The number of ether oxygens (including phenoxy) is 2. The molecule has 0 radical (unpaired) electrons. The summed E-state index contributed by atoms with van der Waals surface area (Å²) in [4.78, 5) is 20.1. The summed E-state index contributed by atoms with van der Waals surface area (Å²) >= 11 is 1.39. The van der Waals surface area contributed by atoms with Crippen molar-refractivity contribution in [2.24, 2.45) is 4.99 Å². The average Bonchev–Trinajstić information content (AvgIpc) is 3.07. The quantitative estimate of drug-likeness (QED) is 0.346. The third-order valence-electron chi connectivity index (χ3n) is 4.97. The number of benzene rings is 2. The van der Waals surface area contributed by atoms with Crippen molar-refractivity contribution in [3.8, 4) is 11.5 Å². The summed E-state index contributed by atoms with van der Waals surface area (Å²) in [6.07, 6.45) is 5.11. The first-order valence-electron chi connectivity index (χ1n) is 10.7. The van der Waals surface area contributed by atoms with Crippen molar-refractivity contribution in [1.82, 2.24) is 4.90 Å². The van der Waals surface area contributed by atoms with Crippen LogP contribution in [0.15, 0.2) is 52.4 Å². The molecule has 0 aliphatic carbocycles. The second kappa shape index (κ2) is 11.0. The summed E-state index contributed by atoms with van der Waals surface area (Å²) in [6.45, 7) is 7.34. The SMILES string of the molecule is CCCCCOc1c(/C=C2/SC(=Nc3ccc(C)cc3)N(CC)C2=O)cccc1OC. The maximum atomic E-state index is 13.0. The van der Waals surface area contributed by atoms with Crippen LogP contribution in [0.2, 0.25) is 0 Å². The number of carbonyl (C=O) groups excluding carboxylic acids is 1. The fourth-order valence-electron chi connectivity index (χ4n) is 3.23. The predicted molar refractivity (Wildman–Crippen MR) is 129 cm³/mol. The van der Waals surface area contributed by atoms with Crippen LogP contribution in [-0.2, 0) is 4.79 Å². The van der Waals surface area contributed by atoms with E-state index in [0.717, 1.165) is 30.5 Å². The lowest BCUT2D eigenvalue weighted by Gasteiger charge is -2.14. The first-order chi connectivity index (χ1) is 15.1. The molecule has 1 amide bonds. The molecule has 0 saturated carbocycles. The van der Waals surface area contributed by atoms with E-state index in [1.807, 2.05) is 62.4 Å². The average molecular weight is 439 g/mol. The Hall–Kier alpha value is -2.73. The van der Waals surface area contributed by atoms with Gasteiger partial charge in [-0.15, -0.1) is 0 Å². The zero-order valence-corrected chi connectivity index (χ0v) is 19.5. The highest BCUT2D eigenvalue weighted by Crippen LogP contribution is 2.38. The number of rotatable bonds is 9. The number of amidine groups is 1. The van der Waals surface area contributed by atoms with Crippen LogP contribution >= 0.6 is 11.8 Å². The van der Waals surface area contributed by atoms with E-state index >= 15 is 0 Å². The molecule has 164 valence electrons. The number of thioether (sulfide) groups is 1. The number of likely N-dealkylation sites (N-methyl/N-ethyl adjacent to an activating group) is 1. The standard InChI is InChI=1S/C25H30N2O3S/c1-5-7-8-16-30-23-19(10-9-11-21(23)29-4)17-22-24(28)27(6-2)25(31-22)26-20-14-12-18(3)13-15-20/h9-15,17H,5-8,16H2,1-4H3/b22-17+,26-25?. The largest absolute Gasteiger partial charge is 0.493 e. The number of aliphatic imine (C=N–C) groups is 1. The van der Waals surface area contributed by atoms with E-state index in [-0.39, 0.29) is 5.91 Å². The highest BCUT2D eigenvalue weighted by molar-refractivity contribution is 8.18. The molecule has 1 saturated heterocycles. The van der Waals surface area contributed by atoms with Gasteiger partial charge >= 0.3 is 0 Å². The Morgan fingerprint density at radius 3 is 2.55 bits per heavy atom. The van der Waals surface area contributed by atoms with Gasteiger partial charge in [0.05, 0.1) is 24.3 Å². The van der Waals surface area contributed by atoms with Crippen LogP contribution in [0.5, 0.6) is 11.5 Å². The normalized spacial score (nSPS) is 16.4. The van der Waals surface area contributed by atoms with Gasteiger partial charge in [0.1, 0.15) is 0 Å². The third-order valence-corrected chi connectivity index (χ3v) is 5.98. The number of aryl methyl sites for hydroxylation is 1. The number of methoxy groups -OCH3 is 1. The van der Waals surface area contributed by atoms with Crippen molar-refractivity contribution in [2.45, 2.75) is 40.0 Å². The van der Waals surface area contributed by atoms with E-state index in [4.69, 9.17) is 14.5 Å². The molecule has 1 fully saturated rings. The Bertz CT molecular complexity index is 967. The Morgan fingerprint density at radius 2 is 1.87 bits per heavy atom. The number of para-hydroxylation sites is 1. The first-order valence-corrected chi connectivity index (χ1v) is 11.6. The van der Waals surface area contributed by atoms with Crippen LogP contribution in [0.4, 0.5) is 5.69 Å². The molecule has 3 rings (SSSR count). The lowest BCUT2D eigenvalue weighted by Crippen LogP contribution is -2.28. The summed E-state index contributed by atoms with van der Waals surface area (Å²) in [5.41, 5.74) is 2.85. The molecule has 0 spiro atoms. The van der Waals surface area contributed by atoms with Gasteiger partial charge in [0, 0.05) is 12.1 Å². The van der Waals surface area contributed by atoms with Gasteiger partial charge in [-0.3, -0.25) is 9.69 Å². The lowest BCUT2D eigenvalue weighted by molar-refractivity contribution is -0.122. The van der Waals surface area contributed by atoms with E-state index in [0.29, 0.717) is 34.7 Å². The van der Waals surface area contributed by atoms with Crippen molar-refractivity contribution >= 4 is 34.6 Å². The summed E-state index contributed by atoms with van der Waals surface area (Å²) < 4.78 is 11.6. The van der Waals surface area contributed by atoms with Crippen LogP contribution in [0.1, 0.15) is 44.2 Å². The summed E-state index contributed by atoms with van der Waals surface area (Å²) in [6, 6.07) is 13.7. The van der Waals surface area contributed by atoms with Crippen molar-refractivity contribution in [3.05, 3.63) is 58.5 Å². The fraction of sp³-hybridized carbons (Fsp3) is 0.360. The number of amides is 1. The number of hydrogen-bond acceptors (Lipinski definition) is 5. The molecule has 0 bridgehead atoms. The first kappa shape index (κ1) is 22.9. The number of hydrogen-bond donors (Lipinski definition) is 0. The minimum absolute atomic E-state index is 0.0434. The second-order valence-electron chi connectivity index (χ2n) is 7.32. The van der Waals surface area contributed by atoms with Gasteiger partial charge in [0.15, 0.2) is 16.7 Å². The molecule has 31 heavy (non-hydrogen) atoms. The molecule has 0 unspecified atom stereocenters. The monoisotopic (exact) mass is 438 g/mol. The van der Waals surface area contributed by atoms with Gasteiger partial charge in [-0.2, -0.15) is 0 Å². The van der Waals surface area contributed by atoms with E-state index in [1.165, 1.54) is 17.3 Å². The van der Waals surface area contributed by atoms with Crippen molar-refractivity contribution in [2.75, 3.05) is 20.3 Å². The van der Waals surface area contributed by atoms with Crippen LogP contribution < -0.4 is 9.47 Å². The van der Waals surface area contributed by atoms with Crippen molar-refractivity contribution < 1.29 is 14.3 Å². The maximum Gasteiger partial charge on any atom is 0.266 e. The predicted octanol–water partition coefficient (Wildman–Crippen LogP) is 6.20. The van der Waals surface area contributed by atoms with E-state index in [1.54, 1.807) is 12.0 Å². The van der Waals surface area contributed by atoms with E-state index in [2.05, 4.69) is 6.92 Å². The summed E-state index contributed by atoms with van der Waals surface area (Å²) in [5, 5.41) is 0.691. The minimum Gasteiger partial charge on any atom is -0.493 e. The Labute approximate surface area is 189 Å². The van der Waals surface area contributed by atoms with E-state index in [9.17, 15) is 4.79 Å². The molecule has 1 aliphatic heterocycles. The minimum atomic E-state index is -0.0434. The van der Waals surface area contributed by atoms with Gasteiger partial charge in [-0.1, -0.05) is 49.6 Å². The molecule has 2 aromatic rings. The van der Waals surface area contributed by atoms with Crippen LogP contribution in [0, 0.1) is 6.92 Å². The second-order valence-corrected chi connectivity index (χ2v) is 8.33. The van der Waals surface area contributed by atoms with Gasteiger partial charge in [0.25, 0.3) is 5.91 Å². The van der Waals surface area contributed by atoms with Crippen LogP contribution in [-0.4, -0.2) is 36.2 Å². The van der Waals surface area contributed by atoms with Crippen LogP contribution in [0.25, 0.3) is 6.08 Å². The van der Waals surface area contributed by atoms with Gasteiger partial charge in [-0.05, 0) is 56.3 Å². The van der Waals surface area contributed by atoms with Gasteiger partial charge < -0.3 is 9.47 Å². The van der Waals surface area contributed by atoms with Gasteiger partial charge in [0.2, 0.25) is 0 Å². The fourth-order valence-corrected chi connectivity index (χ4v) is 4.28. The molecule has 2 aromatic carbocycles. The molecule has 0 N–H and O–H groups in total.